The lowest BCUT2D eigenvalue weighted by Gasteiger charge is -2.12. The van der Waals surface area contributed by atoms with Crippen LogP contribution in [-0.4, -0.2) is 11.9 Å². The SMILES string of the molecule is Cc1ccccc1C1=N/C(=C\c2cc(Br)c(OCc3ccccc3F)c(Br)c2)C(=O)O1. The molecule has 156 valence electrons. The van der Waals surface area contributed by atoms with Gasteiger partial charge in [-0.25, -0.2) is 14.2 Å². The van der Waals surface area contributed by atoms with Crippen LogP contribution in [0.15, 0.2) is 80.3 Å². The lowest BCUT2D eigenvalue weighted by molar-refractivity contribution is -0.129. The van der Waals surface area contributed by atoms with Gasteiger partial charge in [0.15, 0.2) is 5.70 Å². The largest absolute Gasteiger partial charge is 0.486 e. The third kappa shape index (κ3) is 4.78. The van der Waals surface area contributed by atoms with E-state index in [1.54, 1.807) is 36.4 Å². The topological polar surface area (TPSA) is 47.9 Å². The molecular formula is C24H16Br2FNO3. The van der Waals surface area contributed by atoms with Gasteiger partial charge in [0.1, 0.15) is 18.2 Å². The van der Waals surface area contributed by atoms with Gasteiger partial charge < -0.3 is 9.47 Å². The van der Waals surface area contributed by atoms with Crippen molar-refractivity contribution in [2.75, 3.05) is 0 Å². The quantitative estimate of drug-likeness (QED) is 0.269. The van der Waals surface area contributed by atoms with Gasteiger partial charge >= 0.3 is 5.97 Å². The zero-order valence-electron chi connectivity index (χ0n) is 16.4. The Hall–Kier alpha value is -2.77. The third-order valence-electron chi connectivity index (χ3n) is 4.65. The lowest BCUT2D eigenvalue weighted by atomic mass is 10.1. The summed E-state index contributed by atoms with van der Waals surface area (Å²) in [5.74, 6) is -0.00985. The number of benzene rings is 3. The fourth-order valence-electron chi connectivity index (χ4n) is 3.06. The van der Waals surface area contributed by atoms with Gasteiger partial charge in [0.2, 0.25) is 5.90 Å². The first kappa shape index (κ1) is 21.5. The lowest BCUT2D eigenvalue weighted by Crippen LogP contribution is -2.06. The minimum Gasteiger partial charge on any atom is -0.486 e. The van der Waals surface area contributed by atoms with Crippen LogP contribution in [0.5, 0.6) is 5.75 Å². The standard InChI is InChI=1S/C24H16Br2FNO3/c1-14-6-2-4-8-17(14)23-28-21(24(29)31-23)12-15-10-18(25)22(19(26)11-15)30-13-16-7-3-5-9-20(16)27/h2-12H,13H2,1H3/b21-12-. The average molecular weight is 545 g/mol. The Kier molecular flexibility index (Phi) is 6.34. The smallest absolute Gasteiger partial charge is 0.363 e. The first-order valence-electron chi connectivity index (χ1n) is 9.36. The number of ether oxygens (including phenoxy) is 2. The monoisotopic (exact) mass is 543 g/mol. The van der Waals surface area contributed by atoms with Crippen molar-refractivity contribution in [3.8, 4) is 5.75 Å². The highest BCUT2D eigenvalue weighted by Crippen LogP contribution is 2.36. The van der Waals surface area contributed by atoms with E-state index in [0.717, 1.165) is 16.7 Å². The Labute approximate surface area is 195 Å². The van der Waals surface area contributed by atoms with Crippen molar-refractivity contribution in [1.29, 1.82) is 0 Å². The average Bonchev–Trinajstić information content (AvgIpc) is 3.09. The predicted molar refractivity (Wildman–Crippen MR) is 124 cm³/mol. The second-order valence-electron chi connectivity index (χ2n) is 6.84. The Morgan fingerprint density at radius 1 is 1.06 bits per heavy atom. The molecule has 0 spiro atoms. The zero-order valence-corrected chi connectivity index (χ0v) is 19.5. The molecule has 0 amide bonds. The third-order valence-corrected chi connectivity index (χ3v) is 5.83. The zero-order chi connectivity index (χ0) is 22.0. The summed E-state index contributed by atoms with van der Waals surface area (Å²) in [6.07, 6.45) is 1.64. The molecule has 3 aromatic rings. The van der Waals surface area contributed by atoms with Crippen molar-refractivity contribution in [1.82, 2.24) is 0 Å². The molecule has 3 aromatic carbocycles. The van der Waals surface area contributed by atoms with Crippen LogP contribution in [0.1, 0.15) is 22.3 Å². The molecule has 1 heterocycles. The summed E-state index contributed by atoms with van der Waals surface area (Å²) in [6, 6.07) is 17.6. The van der Waals surface area contributed by atoms with Gasteiger partial charge in [0.05, 0.1) is 8.95 Å². The van der Waals surface area contributed by atoms with Crippen molar-refractivity contribution in [2.24, 2.45) is 4.99 Å². The van der Waals surface area contributed by atoms with E-state index in [-0.39, 0.29) is 24.0 Å². The Morgan fingerprint density at radius 2 is 1.74 bits per heavy atom. The van der Waals surface area contributed by atoms with Gasteiger partial charge in [-0.1, -0.05) is 36.4 Å². The van der Waals surface area contributed by atoms with E-state index < -0.39 is 5.97 Å². The van der Waals surface area contributed by atoms with Crippen LogP contribution in [-0.2, 0) is 16.1 Å². The molecule has 4 nitrogen and oxygen atoms in total. The molecule has 0 unspecified atom stereocenters. The number of hydrogen-bond donors (Lipinski definition) is 0. The minimum atomic E-state index is -0.509. The van der Waals surface area contributed by atoms with Crippen molar-refractivity contribution in [3.05, 3.63) is 103 Å². The van der Waals surface area contributed by atoms with Crippen molar-refractivity contribution >= 4 is 49.8 Å². The van der Waals surface area contributed by atoms with Gasteiger partial charge in [-0.05, 0) is 80.3 Å². The number of halogens is 3. The molecule has 0 fully saturated rings. The van der Waals surface area contributed by atoms with E-state index in [9.17, 15) is 9.18 Å². The van der Waals surface area contributed by atoms with Gasteiger partial charge in [-0.15, -0.1) is 0 Å². The highest BCUT2D eigenvalue weighted by atomic mass is 79.9. The van der Waals surface area contributed by atoms with E-state index in [1.165, 1.54) is 6.07 Å². The van der Waals surface area contributed by atoms with Crippen molar-refractivity contribution < 1.29 is 18.7 Å². The molecule has 7 heteroatoms. The summed E-state index contributed by atoms with van der Waals surface area (Å²) in [5.41, 5.74) is 3.13. The molecular weight excluding hydrogens is 529 g/mol. The number of carbonyl (C=O) groups is 1. The Bertz CT molecular complexity index is 1210. The molecule has 4 rings (SSSR count). The number of aliphatic imine (C=N–C) groups is 1. The fraction of sp³-hybridized carbons (Fsp3) is 0.0833. The van der Waals surface area contributed by atoms with E-state index in [0.29, 0.717) is 20.3 Å². The summed E-state index contributed by atoms with van der Waals surface area (Å²) in [7, 11) is 0. The number of nitrogens with zero attached hydrogens (tertiary/aromatic N) is 1. The van der Waals surface area contributed by atoms with Crippen LogP contribution in [0, 0.1) is 12.7 Å². The first-order chi connectivity index (χ1) is 14.9. The molecule has 0 saturated heterocycles. The molecule has 1 aliphatic rings. The van der Waals surface area contributed by atoms with Crippen molar-refractivity contribution in [3.63, 3.8) is 0 Å². The van der Waals surface area contributed by atoms with Crippen LogP contribution in [0.3, 0.4) is 0 Å². The van der Waals surface area contributed by atoms with Crippen molar-refractivity contribution in [2.45, 2.75) is 13.5 Å². The molecule has 31 heavy (non-hydrogen) atoms. The summed E-state index contributed by atoms with van der Waals surface area (Å²) in [6.45, 7) is 2.02. The van der Waals surface area contributed by atoms with Crippen LogP contribution >= 0.6 is 31.9 Å². The first-order valence-corrected chi connectivity index (χ1v) is 10.9. The number of aryl methyl sites for hydroxylation is 1. The Balaban J connectivity index is 1.58. The molecule has 1 aliphatic heterocycles. The number of cyclic esters (lactones) is 1. The van der Waals surface area contributed by atoms with E-state index in [2.05, 4.69) is 36.9 Å². The van der Waals surface area contributed by atoms with E-state index in [4.69, 9.17) is 9.47 Å². The van der Waals surface area contributed by atoms with E-state index in [1.807, 2.05) is 31.2 Å². The maximum Gasteiger partial charge on any atom is 0.363 e. The molecule has 0 aliphatic carbocycles. The van der Waals surface area contributed by atoms with Gasteiger partial charge in [-0.3, -0.25) is 0 Å². The maximum absolute atomic E-state index is 13.8. The van der Waals surface area contributed by atoms with Gasteiger partial charge in [0.25, 0.3) is 0 Å². The summed E-state index contributed by atoms with van der Waals surface area (Å²) in [4.78, 5) is 16.7. The maximum atomic E-state index is 13.8. The van der Waals surface area contributed by atoms with Gasteiger partial charge in [0, 0.05) is 11.1 Å². The van der Waals surface area contributed by atoms with Crippen LogP contribution in [0.25, 0.3) is 6.08 Å². The molecule has 0 bridgehead atoms. The fourth-order valence-corrected chi connectivity index (χ4v) is 4.51. The number of esters is 1. The van der Waals surface area contributed by atoms with Crippen LogP contribution in [0.4, 0.5) is 4.39 Å². The van der Waals surface area contributed by atoms with E-state index >= 15 is 0 Å². The summed E-state index contributed by atoms with van der Waals surface area (Å²) >= 11 is 6.97. The summed E-state index contributed by atoms with van der Waals surface area (Å²) < 4.78 is 26.3. The predicted octanol–water partition coefficient (Wildman–Crippen LogP) is 6.58. The van der Waals surface area contributed by atoms with Crippen LogP contribution < -0.4 is 4.74 Å². The highest BCUT2D eigenvalue weighted by Gasteiger charge is 2.25. The second kappa shape index (κ2) is 9.16. The molecule has 0 aromatic heterocycles. The van der Waals surface area contributed by atoms with Gasteiger partial charge in [-0.2, -0.15) is 0 Å². The van der Waals surface area contributed by atoms with Crippen LogP contribution in [0.2, 0.25) is 0 Å². The number of hydrogen-bond acceptors (Lipinski definition) is 4. The molecule has 0 atom stereocenters. The minimum absolute atomic E-state index is 0.0840. The second-order valence-corrected chi connectivity index (χ2v) is 8.55. The summed E-state index contributed by atoms with van der Waals surface area (Å²) in [5, 5.41) is 0. The Morgan fingerprint density at radius 3 is 2.45 bits per heavy atom. The molecule has 0 N–H and O–H groups in total. The molecule has 0 saturated carbocycles. The number of rotatable bonds is 5. The molecule has 0 radical (unpaired) electrons. The highest BCUT2D eigenvalue weighted by molar-refractivity contribution is 9.11. The number of carbonyl (C=O) groups excluding carboxylic acids is 1. The normalized spacial score (nSPS) is 14.5.